The first-order valence-corrected chi connectivity index (χ1v) is 12.2. The lowest BCUT2D eigenvalue weighted by Gasteiger charge is -2.37. The molecule has 5 rings (SSSR count). The van der Waals surface area contributed by atoms with E-state index in [1.165, 1.54) is 6.07 Å². The van der Waals surface area contributed by atoms with Gasteiger partial charge in [0, 0.05) is 25.2 Å². The van der Waals surface area contributed by atoms with Crippen molar-refractivity contribution in [2.75, 3.05) is 18.8 Å². The van der Waals surface area contributed by atoms with E-state index in [1.54, 1.807) is 4.90 Å². The van der Waals surface area contributed by atoms with Gasteiger partial charge in [-0.25, -0.2) is 18.6 Å². The minimum absolute atomic E-state index is 0.0150. The van der Waals surface area contributed by atoms with Crippen LogP contribution >= 0.6 is 11.8 Å². The highest BCUT2D eigenvalue weighted by molar-refractivity contribution is 7.99. The molecule has 7 nitrogen and oxygen atoms in total. The SMILES string of the molecule is CC1C(c2ccccc2)OC(=O)N1C1CCN(C(=O)CSc2nc3c(F)cc(F)cc3[nH]2)CC1. The van der Waals surface area contributed by atoms with Crippen molar-refractivity contribution in [3.8, 4) is 0 Å². The fraction of sp³-hybridized carbons (Fsp3) is 0.375. The number of aromatic amines is 1. The average Bonchev–Trinajstić information content (AvgIpc) is 3.38. The molecule has 2 aliphatic heterocycles. The summed E-state index contributed by atoms with van der Waals surface area (Å²) in [6.45, 7) is 3.08. The van der Waals surface area contributed by atoms with Gasteiger partial charge in [-0.05, 0) is 31.4 Å². The first-order valence-electron chi connectivity index (χ1n) is 11.2. The quantitative estimate of drug-likeness (QED) is 0.537. The van der Waals surface area contributed by atoms with Gasteiger partial charge in [-0.3, -0.25) is 9.69 Å². The van der Waals surface area contributed by atoms with Gasteiger partial charge in [0.2, 0.25) is 5.91 Å². The number of benzene rings is 2. The number of hydrogen-bond donors (Lipinski definition) is 1. The Hall–Kier alpha value is -3.14. The maximum Gasteiger partial charge on any atom is 0.411 e. The summed E-state index contributed by atoms with van der Waals surface area (Å²) in [6.07, 6.45) is 0.737. The molecule has 2 saturated heterocycles. The van der Waals surface area contributed by atoms with Crippen LogP contribution in [0.5, 0.6) is 0 Å². The van der Waals surface area contributed by atoms with Gasteiger partial charge >= 0.3 is 6.09 Å². The highest BCUT2D eigenvalue weighted by atomic mass is 32.2. The van der Waals surface area contributed by atoms with Crippen LogP contribution in [-0.4, -0.2) is 62.7 Å². The smallest absolute Gasteiger partial charge is 0.411 e. The summed E-state index contributed by atoms with van der Waals surface area (Å²) in [6, 6.07) is 11.6. The molecule has 2 amide bonds. The fourth-order valence-electron chi connectivity index (χ4n) is 4.75. The van der Waals surface area contributed by atoms with Crippen molar-refractivity contribution in [2.24, 2.45) is 0 Å². The van der Waals surface area contributed by atoms with Gasteiger partial charge in [0.25, 0.3) is 0 Å². The predicted octanol–water partition coefficient (Wildman–Crippen LogP) is 4.51. The number of nitrogens with zero attached hydrogens (tertiary/aromatic N) is 3. The lowest BCUT2D eigenvalue weighted by atomic mass is 9.98. The molecule has 2 unspecified atom stereocenters. The van der Waals surface area contributed by atoms with Crippen LogP contribution in [0.4, 0.5) is 13.6 Å². The molecule has 0 aliphatic carbocycles. The normalized spacial score (nSPS) is 21.3. The Kier molecular flexibility index (Phi) is 6.16. The molecule has 1 aromatic heterocycles. The third kappa shape index (κ3) is 4.34. The maximum absolute atomic E-state index is 13.8. The molecular formula is C24H24F2N4O3S. The van der Waals surface area contributed by atoms with Gasteiger partial charge < -0.3 is 14.6 Å². The van der Waals surface area contributed by atoms with Crippen LogP contribution in [0, 0.1) is 11.6 Å². The van der Waals surface area contributed by atoms with Crippen LogP contribution < -0.4 is 0 Å². The van der Waals surface area contributed by atoms with Gasteiger partial charge in [-0.1, -0.05) is 42.1 Å². The number of imidazole rings is 1. The Morgan fingerprint density at radius 1 is 1.21 bits per heavy atom. The molecule has 3 aromatic rings. The summed E-state index contributed by atoms with van der Waals surface area (Å²) >= 11 is 1.16. The van der Waals surface area contributed by atoms with Crippen molar-refractivity contribution >= 4 is 34.8 Å². The number of H-pyrrole nitrogens is 1. The summed E-state index contributed by atoms with van der Waals surface area (Å²) in [4.78, 5) is 35.9. The summed E-state index contributed by atoms with van der Waals surface area (Å²) in [5, 5.41) is 0.364. The van der Waals surface area contributed by atoms with Crippen molar-refractivity contribution in [3.63, 3.8) is 0 Å². The number of carbonyl (C=O) groups is 2. The second-order valence-electron chi connectivity index (χ2n) is 8.59. The second kappa shape index (κ2) is 9.25. The number of cyclic esters (lactones) is 1. The molecule has 0 bridgehead atoms. The van der Waals surface area contributed by atoms with Crippen LogP contribution in [0.3, 0.4) is 0 Å². The van der Waals surface area contributed by atoms with E-state index in [-0.39, 0.29) is 47.0 Å². The monoisotopic (exact) mass is 486 g/mol. The van der Waals surface area contributed by atoms with E-state index in [0.29, 0.717) is 31.1 Å². The maximum atomic E-state index is 13.8. The molecule has 0 saturated carbocycles. The number of fused-ring (bicyclic) bond motifs is 1. The molecule has 34 heavy (non-hydrogen) atoms. The summed E-state index contributed by atoms with van der Waals surface area (Å²) in [5.41, 5.74) is 1.29. The number of likely N-dealkylation sites (tertiary alicyclic amines) is 1. The van der Waals surface area contributed by atoms with Gasteiger partial charge in [-0.15, -0.1) is 0 Å². The number of halogens is 2. The van der Waals surface area contributed by atoms with Crippen molar-refractivity contribution in [2.45, 2.75) is 43.1 Å². The van der Waals surface area contributed by atoms with Crippen molar-refractivity contribution < 1.29 is 23.1 Å². The van der Waals surface area contributed by atoms with Gasteiger partial charge in [0.15, 0.2) is 11.0 Å². The van der Waals surface area contributed by atoms with Crippen LogP contribution in [0.25, 0.3) is 11.0 Å². The zero-order chi connectivity index (χ0) is 23.8. The van der Waals surface area contributed by atoms with E-state index in [2.05, 4.69) is 9.97 Å². The number of ether oxygens (including phenoxy) is 1. The summed E-state index contributed by atoms with van der Waals surface area (Å²) in [5.74, 6) is -1.35. The minimum atomic E-state index is -0.740. The largest absolute Gasteiger partial charge is 0.439 e. The topological polar surface area (TPSA) is 78.5 Å². The van der Waals surface area contributed by atoms with Crippen molar-refractivity contribution in [1.29, 1.82) is 0 Å². The third-order valence-electron chi connectivity index (χ3n) is 6.47. The van der Waals surface area contributed by atoms with Crippen LogP contribution in [0.15, 0.2) is 47.6 Å². The Morgan fingerprint density at radius 2 is 1.94 bits per heavy atom. The number of piperidine rings is 1. The number of hydrogen-bond acceptors (Lipinski definition) is 5. The highest BCUT2D eigenvalue weighted by Crippen LogP contribution is 2.36. The molecule has 2 aliphatic rings. The average molecular weight is 487 g/mol. The highest BCUT2D eigenvalue weighted by Gasteiger charge is 2.44. The Morgan fingerprint density at radius 3 is 2.68 bits per heavy atom. The third-order valence-corrected chi connectivity index (χ3v) is 7.33. The zero-order valence-corrected chi connectivity index (χ0v) is 19.4. The lowest BCUT2D eigenvalue weighted by molar-refractivity contribution is -0.129. The first kappa shape index (κ1) is 22.6. The van der Waals surface area contributed by atoms with Crippen LogP contribution in [-0.2, 0) is 9.53 Å². The van der Waals surface area contributed by atoms with Gasteiger partial charge in [0.1, 0.15) is 17.4 Å². The fourth-order valence-corrected chi connectivity index (χ4v) is 5.53. The van der Waals surface area contributed by atoms with Gasteiger partial charge in [-0.2, -0.15) is 0 Å². The Labute approximate surface area is 199 Å². The van der Waals surface area contributed by atoms with Crippen molar-refractivity contribution in [3.05, 3.63) is 59.7 Å². The minimum Gasteiger partial charge on any atom is -0.439 e. The van der Waals surface area contributed by atoms with E-state index < -0.39 is 11.6 Å². The van der Waals surface area contributed by atoms with E-state index >= 15 is 0 Å². The number of carbonyl (C=O) groups excluding carboxylic acids is 2. The molecule has 10 heteroatoms. The van der Waals surface area contributed by atoms with E-state index in [4.69, 9.17) is 4.74 Å². The van der Waals surface area contributed by atoms with Crippen molar-refractivity contribution in [1.82, 2.24) is 19.8 Å². The zero-order valence-electron chi connectivity index (χ0n) is 18.5. The molecule has 1 N–H and O–H groups in total. The Balaban J connectivity index is 1.16. The number of aromatic nitrogens is 2. The molecule has 3 heterocycles. The number of thioether (sulfide) groups is 1. The molecule has 2 aromatic carbocycles. The molecule has 2 fully saturated rings. The molecular weight excluding hydrogens is 462 g/mol. The van der Waals surface area contributed by atoms with Crippen LogP contribution in [0.2, 0.25) is 0 Å². The van der Waals surface area contributed by atoms with E-state index in [9.17, 15) is 18.4 Å². The molecule has 178 valence electrons. The molecule has 0 spiro atoms. The number of rotatable bonds is 5. The summed E-state index contributed by atoms with van der Waals surface area (Å²) in [7, 11) is 0. The van der Waals surface area contributed by atoms with E-state index in [0.717, 1.165) is 23.4 Å². The predicted molar refractivity (Wildman–Crippen MR) is 123 cm³/mol. The Bertz CT molecular complexity index is 1210. The standard InChI is InChI=1S/C24H24F2N4O3S/c1-14-22(15-5-3-2-4-6-15)33-24(32)30(14)17-7-9-29(10-8-17)20(31)13-34-23-27-19-12-16(25)11-18(26)21(19)28-23/h2-6,11-12,14,17,22H,7-10,13H2,1H3,(H,27,28). The first-order chi connectivity index (χ1) is 16.4. The second-order valence-corrected chi connectivity index (χ2v) is 9.55. The number of amides is 2. The van der Waals surface area contributed by atoms with Crippen LogP contribution in [0.1, 0.15) is 31.4 Å². The summed E-state index contributed by atoms with van der Waals surface area (Å²) < 4.78 is 32.9. The number of nitrogens with one attached hydrogen (secondary N) is 1. The molecule has 2 atom stereocenters. The lowest BCUT2D eigenvalue weighted by Crippen LogP contribution is -2.49. The van der Waals surface area contributed by atoms with Gasteiger partial charge in [0.05, 0.1) is 17.3 Å². The van der Waals surface area contributed by atoms with E-state index in [1.807, 2.05) is 42.2 Å². The molecule has 0 radical (unpaired) electrons.